The van der Waals surface area contributed by atoms with Crippen LogP contribution in [0.5, 0.6) is 0 Å². The molecule has 0 N–H and O–H groups in total. The van der Waals surface area contributed by atoms with Gasteiger partial charge in [0.05, 0.1) is 11.4 Å². The number of hydrogen-bond acceptors (Lipinski definition) is 2. The Balaban J connectivity index is 1.51. The number of benzene rings is 4. The Morgan fingerprint density at radius 1 is 0.406 bits per heavy atom. The van der Waals surface area contributed by atoms with Gasteiger partial charge in [-0.25, -0.2) is 9.97 Å². The van der Waals surface area contributed by atoms with Gasteiger partial charge >= 0.3 is 0 Å². The van der Waals surface area contributed by atoms with E-state index in [1.165, 1.54) is 5.56 Å². The molecule has 0 aliphatic heterocycles. The molecule has 1 heterocycles. The Hall–Kier alpha value is -4.30. The smallest absolute Gasteiger partial charge is 0.160 e. The largest absolute Gasteiger partial charge is 0.228 e. The molecule has 4 aromatic carbocycles. The van der Waals surface area contributed by atoms with Crippen molar-refractivity contribution in [2.75, 3.05) is 0 Å². The summed E-state index contributed by atoms with van der Waals surface area (Å²) in [7, 11) is 0. The molecule has 0 saturated carbocycles. The highest BCUT2D eigenvalue weighted by Crippen LogP contribution is 2.27. The summed E-state index contributed by atoms with van der Waals surface area (Å²) in [4.78, 5) is 9.75. The summed E-state index contributed by atoms with van der Waals surface area (Å²) in [5.74, 6) is 0.731. The van der Waals surface area contributed by atoms with Gasteiger partial charge in [-0.1, -0.05) is 127 Å². The number of rotatable bonds is 5. The zero-order valence-corrected chi connectivity index (χ0v) is 17.6. The molecule has 1 aromatic heterocycles. The van der Waals surface area contributed by atoms with E-state index in [1.807, 2.05) is 66.7 Å². The second-order valence-corrected chi connectivity index (χ2v) is 7.56. The molecule has 5 rings (SSSR count). The van der Waals surface area contributed by atoms with Crippen molar-refractivity contribution in [1.82, 2.24) is 9.97 Å². The van der Waals surface area contributed by atoms with Gasteiger partial charge in [0.2, 0.25) is 0 Å². The van der Waals surface area contributed by atoms with E-state index in [1.54, 1.807) is 0 Å². The zero-order valence-electron chi connectivity index (χ0n) is 17.6. The Bertz CT molecular complexity index is 1270. The maximum atomic E-state index is 4.89. The zero-order chi connectivity index (χ0) is 21.6. The molecule has 0 aliphatic rings. The first-order chi connectivity index (χ1) is 15.8. The van der Waals surface area contributed by atoms with Crippen molar-refractivity contribution in [2.24, 2.45) is 0 Å². The second kappa shape index (κ2) is 9.23. The molecular formula is C30H22N2. The van der Waals surface area contributed by atoms with Crippen LogP contribution >= 0.6 is 0 Å². The standard InChI is InChI=1S/C30H22N2/c1-4-10-23(11-5-1)16-17-24-18-20-26(21-19-24)29-22-28(25-12-6-2-7-13-25)31-30(32-29)27-14-8-3-9-15-27/h1-22H/b17-16+. The van der Waals surface area contributed by atoms with E-state index in [4.69, 9.17) is 9.97 Å². The van der Waals surface area contributed by atoms with E-state index >= 15 is 0 Å². The molecule has 0 amide bonds. The summed E-state index contributed by atoms with van der Waals surface area (Å²) in [6.45, 7) is 0. The van der Waals surface area contributed by atoms with E-state index in [-0.39, 0.29) is 0 Å². The normalized spacial score (nSPS) is 11.0. The van der Waals surface area contributed by atoms with Gasteiger partial charge in [0, 0.05) is 16.7 Å². The third-order valence-electron chi connectivity index (χ3n) is 5.30. The van der Waals surface area contributed by atoms with Crippen LogP contribution in [0.1, 0.15) is 11.1 Å². The predicted octanol–water partition coefficient (Wildman–Crippen LogP) is 7.65. The lowest BCUT2D eigenvalue weighted by molar-refractivity contribution is 1.18. The Morgan fingerprint density at radius 2 is 0.844 bits per heavy atom. The number of hydrogen-bond donors (Lipinski definition) is 0. The molecule has 2 heteroatoms. The summed E-state index contributed by atoms with van der Waals surface area (Å²) >= 11 is 0. The first-order valence-corrected chi connectivity index (χ1v) is 10.7. The van der Waals surface area contributed by atoms with Crippen LogP contribution in [0.2, 0.25) is 0 Å². The van der Waals surface area contributed by atoms with Crippen molar-refractivity contribution in [3.05, 3.63) is 132 Å². The fraction of sp³-hybridized carbons (Fsp3) is 0. The van der Waals surface area contributed by atoms with E-state index in [2.05, 4.69) is 66.7 Å². The van der Waals surface area contributed by atoms with Crippen molar-refractivity contribution >= 4 is 12.2 Å². The third-order valence-corrected chi connectivity index (χ3v) is 5.30. The lowest BCUT2D eigenvalue weighted by Crippen LogP contribution is -1.95. The van der Waals surface area contributed by atoms with Crippen molar-refractivity contribution in [1.29, 1.82) is 0 Å². The van der Waals surface area contributed by atoms with Crippen LogP contribution in [0.4, 0.5) is 0 Å². The first-order valence-electron chi connectivity index (χ1n) is 10.7. The molecule has 0 bridgehead atoms. The highest BCUT2D eigenvalue weighted by molar-refractivity contribution is 5.74. The van der Waals surface area contributed by atoms with E-state index in [0.717, 1.165) is 39.5 Å². The predicted molar refractivity (Wildman–Crippen MR) is 134 cm³/mol. The van der Waals surface area contributed by atoms with Gasteiger partial charge < -0.3 is 0 Å². The molecule has 152 valence electrons. The SMILES string of the molecule is C(=C\c1ccc(-c2cc(-c3ccccc3)nc(-c3ccccc3)n2)cc1)/c1ccccc1. The summed E-state index contributed by atoms with van der Waals surface area (Å²) in [6.07, 6.45) is 4.25. The topological polar surface area (TPSA) is 25.8 Å². The number of nitrogens with zero attached hydrogens (tertiary/aromatic N) is 2. The maximum absolute atomic E-state index is 4.89. The van der Waals surface area contributed by atoms with Gasteiger partial charge in [-0.2, -0.15) is 0 Å². The summed E-state index contributed by atoms with van der Waals surface area (Å²) in [5.41, 5.74) is 7.33. The molecule has 2 nitrogen and oxygen atoms in total. The van der Waals surface area contributed by atoms with Crippen LogP contribution in [0.15, 0.2) is 121 Å². The van der Waals surface area contributed by atoms with Crippen LogP contribution in [0, 0.1) is 0 Å². The van der Waals surface area contributed by atoms with Gasteiger partial charge in [0.15, 0.2) is 5.82 Å². The van der Waals surface area contributed by atoms with Crippen LogP contribution < -0.4 is 0 Å². The minimum Gasteiger partial charge on any atom is -0.228 e. The summed E-state index contributed by atoms with van der Waals surface area (Å²) in [6, 6.07) is 41.3. The molecule has 0 spiro atoms. The number of aromatic nitrogens is 2. The molecule has 0 radical (unpaired) electrons. The van der Waals surface area contributed by atoms with E-state index < -0.39 is 0 Å². The van der Waals surface area contributed by atoms with Crippen LogP contribution in [-0.4, -0.2) is 9.97 Å². The van der Waals surface area contributed by atoms with Gasteiger partial charge in [0.25, 0.3) is 0 Å². The van der Waals surface area contributed by atoms with Crippen molar-refractivity contribution < 1.29 is 0 Å². The fourth-order valence-corrected chi connectivity index (χ4v) is 3.59. The van der Waals surface area contributed by atoms with Gasteiger partial charge in [0.1, 0.15) is 0 Å². The maximum Gasteiger partial charge on any atom is 0.160 e. The van der Waals surface area contributed by atoms with Crippen molar-refractivity contribution in [2.45, 2.75) is 0 Å². The second-order valence-electron chi connectivity index (χ2n) is 7.56. The lowest BCUT2D eigenvalue weighted by Gasteiger charge is -2.09. The highest BCUT2D eigenvalue weighted by Gasteiger charge is 2.10. The minimum atomic E-state index is 0.731. The highest BCUT2D eigenvalue weighted by atomic mass is 14.9. The average Bonchev–Trinajstić information content (AvgIpc) is 2.89. The lowest BCUT2D eigenvalue weighted by atomic mass is 10.0. The van der Waals surface area contributed by atoms with Crippen LogP contribution in [0.25, 0.3) is 46.1 Å². The summed E-state index contributed by atoms with van der Waals surface area (Å²) in [5, 5.41) is 0. The van der Waals surface area contributed by atoms with E-state index in [0.29, 0.717) is 0 Å². The quantitative estimate of drug-likeness (QED) is 0.278. The fourth-order valence-electron chi connectivity index (χ4n) is 3.59. The molecule has 0 saturated heterocycles. The van der Waals surface area contributed by atoms with Crippen molar-refractivity contribution in [3.8, 4) is 33.9 Å². The Kier molecular flexibility index (Phi) is 5.67. The third kappa shape index (κ3) is 4.55. The molecule has 5 aromatic rings. The average molecular weight is 411 g/mol. The van der Waals surface area contributed by atoms with E-state index in [9.17, 15) is 0 Å². The monoisotopic (exact) mass is 410 g/mol. The molecule has 0 fully saturated rings. The first kappa shape index (κ1) is 19.7. The van der Waals surface area contributed by atoms with Gasteiger partial charge in [-0.05, 0) is 17.2 Å². The Labute approximate surface area is 188 Å². The molecule has 0 unspecified atom stereocenters. The van der Waals surface area contributed by atoms with Crippen LogP contribution in [-0.2, 0) is 0 Å². The summed E-state index contributed by atoms with van der Waals surface area (Å²) < 4.78 is 0. The van der Waals surface area contributed by atoms with Gasteiger partial charge in [-0.15, -0.1) is 0 Å². The molecule has 32 heavy (non-hydrogen) atoms. The molecule has 0 atom stereocenters. The molecule has 0 aliphatic carbocycles. The van der Waals surface area contributed by atoms with Gasteiger partial charge in [-0.3, -0.25) is 0 Å². The molecular weight excluding hydrogens is 388 g/mol. The van der Waals surface area contributed by atoms with Crippen LogP contribution in [0.3, 0.4) is 0 Å². The van der Waals surface area contributed by atoms with Crippen molar-refractivity contribution in [3.63, 3.8) is 0 Å². The minimum absolute atomic E-state index is 0.731. The Morgan fingerprint density at radius 3 is 1.41 bits per heavy atom.